The number of likely N-dealkylation sites (tertiary alicyclic amines) is 1. The van der Waals surface area contributed by atoms with Crippen LogP contribution in [0.3, 0.4) is 0 Å². The van der Waals surface area contributed by atoms with Gasteiger partial charge in [0.05, 0.1) is 26.8 Å². The fraction of sp³-hybridized carbons (Fsp3) is 0.400. The minimum Gasteiger partial charge on any atom is -0.497 e. The number of fused-ring (bicyclic) bond motifs is 1. The number of thiophene rings is 2. The molecule has 0 unspecified atom stereocenters. The standard InChI is InChI=1S/C25H28N2O3S2/c1-29-17-7-8-18(21(15-17)30-2)20-5-3-11-26(20)16-24(28)27-12-9-22-19(10-14-32-22)25(27)23-6-4-13-31-23/h4,6-8,10,13-15,20,25H,3,5,9,11-12,16H2,1-2H3/t20-,25+/m1/s1. The predicted octanol–water partition coefficient (Wildman–Crippen LogP) is 5.14. The summed E-state index contributed by atoms with van der Waals surface area (Å²) in [4.78, 5) is 20.7. The molecular weight excluding hydrogens is 440 g/mol. The van der Waals surface area contributed by atoms with E-state index in [0.29, 0.717) is 6.54 Å². The molecule has 4 heterocycles. The van der Waals surface area contributed by atoms with Gasteiger partial charge in [-0.1, -0.05) is 12.1 Å². The molecule has 0 radical (unpaired) electrons. The zero-order valence-corrected chi connectivity index (χ0v) is 20.1. The number of carbonyl (C=O) groups excluding carboxylic acids is 1. The van der Waals surface area contributed by atoms with Crippen LogP contribution in [0, 0.1) is 0 Å². The van der Waals surface area contributed by atoms with Gasteiger partial charge in [-0.15, -0.1) is 22.7 Å². The van der Waals surface area contributed by atoms with Crippen molar-refractivity contribution in [3.05, 3.63) is 68.0 Å². The van der Waals surface area contributed by atoms with Gasteiger partial charge in [0.25, 0.3) is 0 Å². The van der Waals surface area contributed by atoms with Gasteiger partial charge >= 0.3 is 0 Å². The van der Waals surface area contributed by atoms with Crippen LogP contribution in [-0.2, 0) is 11.2 Å². The van der Waals surface area contributed by atoms with Crippen LogP contribution in [0.5, 0.6) is 11.5 Å². The van der Waals surface area contributed by atoms with Gasteiger partial charge in [0.2, 0.25) is 5.91 Å². The summed E-state index contributed by atoms with van der Waals surface area (Å²) in [5, 5.41) is 4.26. The number of hydrogen-bond donors (Lipinski definition) is 0. The molecule has 1 aromatic carbocycles. The third-order valence-corrected chi connectivity index (χ3v) is 8.52. The SMILES string of the molecule is COc1ccc([C@H]2CCCN2CC(=O)N2CCc3sccc3[C@H]2c2cccs2)c(OC)c1. The topological polar surface area (TPSA) is 42.0 Å². The van der Waals surface area contributed by atoms with Crippen molar-refractivity contribution in [3.63, 3.8) is 0 Å². The largest absolute Gasteiger partial charge is 0.497 e. The predicted molar refractivity (Wildman–Crippen MR) is 129 cm³/mol. The number of carbonyl (C=O) groups is 1. The molecule has 2 aliphatic rings. The lowest BCUT2D eigenvalue weighted by molar-refractivity contribution is -0.134. The highest BCUT2D eigenvalue weighted by Crippen LogP contribution is 2.41. The van der Waals surface area contributed by atoms with E-state index in [2.05, 4.69) is 44.8 Å². The highest BCUT2D eigenvalue weighted by Gasteiger charge is 2.36. The number of nitrogens with zero attached hydrogens (tertiary/aromatic N) is 2. The summed E-state index contributed by atoms with van der Waals surface area (Å²) in [6, 6.07) is 12.6. The molecule has 5 nitrogen and oxygen atoms in total. The van der Waals surface area contributed by atoms with E-state index in [1.54, 1.807) is 25.6 Å². The molecule has 32 heavy (non-hydrogen) atoms. The minimum absolute atomic E-state index is 0.0362. The van der Waals surface area contributed by atoms with E-state index in [1.165, 1.54) is 15.3 Å². The highest BCUT2D eigenvalue weighted by atomic mass is 32.1. The second kappa shape index (κ2) is 9.25. The van der Waals surface area contributed by atoms with E-state index < -0.39 is 0 Å². The Morgan fingerprint density at radius 1 is 1.06 bits per heavy atom. The molecule has 5 rings (SSSR count). The first kappa shape index (κ1) is 21.5. The number of rotatable bonds is 6. The average molecular weight is 469 g/mol. The van der Waals surface area contributed by atoms with Gasteiger partial charge in [-0.2, -0.15) is 0 Å². The van der Waals surface area contributed by atoms with Crippen LogP contribution < -0.4 is 9.47 Å². The van der Waals surface area contributed by atoms with Crippen LogP contribution in [0.1, 0.15) is 45.8 Å². The van der Waals surface area contributed by atoms with Crippen molar-refractivity contribution in [1.29, 1.82) is 0 Å². The molecule has 0 aliphatic carbocycles. The molecule has 1 saturated heterocycles. The Bertz CT molecular complexity index is 1080. The summed E-state index contributed by atoms with van der Waals surface area (Å²) in [5.74, 6) is 1.82. The summed E-state index contributed by atoms with van der Waals surface area (Å²) in [6.07, 6.45) is 3.05. The van der Waals surface area contributed by atoms with E-state index in [1.807, 2.05) is 23.5 Å². The van der Waals surface area contributed by atoms with E-state index in [-0.39, 0.29) is 18.0 Å². The molecule has 7 heteroatoms. The maximum Gasteiger partial charge on any atom is 0.237 e. The number of methoxy groups -OCH3 is 2. The molecule has 2 aromatic heterocycles. The van der Waals surface area contributed by atoms with Crippen LogP contribution in [0.15, 0.2) is 47.2 Å². The normalized spacial score (nSPS) is 20.9. The average Bonchev–Trinajstić information content (AvgIpc) is 3.59. The van der Waals surface area contributed by atoms with Crippen molar-refractivity contribution in [1.82, 2.24) is 9.80 Å². The summed E-state index contributed by atoms with van der Waals surface area (Å²) in [5.41, 5.74) is 2.43. The fourth-order valence-corrected chi connectivity index (χ4v) is 6.82. The third-order valence-electron chi connectivity index (χ3n) is 6.60. The molecule has 3 aromatic rings. The Hall–Kier alpha value is -2.35. The van der Waals surface area contributed by atoms with Gasteiger partial charge < -0.3 is 14.4 Å². The van der Waals surface area contributed by atoms with Crippen molar-refractivity contribution in [2.75, 3.05) is 33.9 Å². The molecule has 1 amide bonds. The molecule has 2 aliphatic heterocycles. The number of amides is 1. The van der Waals surface area contributed by atoms with Crippen LogP contribution >= 0.6 is 22.7 Å². The molecule has 168 valence electrons. The summed E-state index contributed by atoms with van der Waals surface area (Å²) < 4.78 is 11.0. The Morgan fingerprint density at radius 2 is 1.97 bits per heavy atom. The van der Waals surface area contributed by atoms with E-state index >= 15 is 0 Å². The van der Waals surface area contributed by atoms with Crippen LogP contribution in [0.25, 0.3) is 0 Å². The second-order valence-corrected chi connectivity index (χ2v) is 10.3. The molecule has 0 saturated carbocycles. The van der Waals surface area contributed by atoms with E-state index in [0.717, 1.165) is 49.4 Å². The van der Waals surface area contributed by atoms with Crippen LogP contribution in [0.2, 0.25) is 0 Å². The van der Waals surface area contributed by atoms with Gasteiger partial charge in [0.1, 0.15) is 11.5 Å². The smallest absolute Gasteiger partial charge is 0.237 e. The number of hydrogen-bond acceptors (Lipinski definition) is 6. The lowest BCUT2D eigenvalue weighted by Crippen LogP contribution is -2.45. The second-order valence-electron chi connectivity index (χ2n) is 8.29. The van der Waals surface area contributed by atoms with Gasteiger partial charge in [-0.05, 0) is 60.3 Å². The quantitative estimate of drug-likeness (QED) is 0.503. The first-order chi connectivity index (χ1) is 15.7. The lowest BCUT2D eigenvalue weighted by Gasteiger charge is -2.37. The first-order valence-electron chi connectivity index (χ1n) is 11.0. The van der Waals surface area contributed by atoms with Crippen LogP contribution in [0.4, 0.5) is 0 Å². The molecule has 1 fully saturated rings. The maximum absolute atomic E-state index is 13.7. The Labute approximate surface area is 197 Å². The van der Waals surface area contributed by atoms with Crippen molar-refractivity contribution < 1.29 is 14.3 Å². The maximum atomic E-state index is 13.7. The van der Waals surface area contributed by atoms with Crippen molar-refractivity contribution >= 4 is 28.6 Å². The minimum atomic E-state index is 0.0362. The van der Waals surface area contributed by atoms with Gasteiger partial charge in [-0.25, -0.2) is 0 Å². The molecule has 0 N–H and O–H groups in total. The summed E-state index contributed by atoms with van der Waals surface area (Å²) in [6.45, 7) is 2.13. The van der Waals surface area contributed by atoms with Crippen LogP contribution in [-0.4, -0.2) is 49.6 Å². The fourth-order valence-electron chi connectivity index (χ4n) is 5.06. The van der Waals surface area contributed by atoms with Gasteiger partial charge in [0.15, 0.2) is 0 Å². The monoisotopic (exact) mass is 468 g/mol. The first-order valence-corrected chi connectivity index (χ1v) is 12.8. The lowest BCUT2D eigenvalue weighted by atomic mass is 9.98. The molecule has 0 spiro atoms. The molecular formula is C25H28N2O3S2. The highest BCUT2D eigenvalue weighted by molar-refractivity contribution is 7.10. The Morgan fingerprint density at radius 3 is 2.75 bits per heavy atom. The molecule has 2 atom stereocenters. The Balaban J connectivity index is 1.38. The van der Waals surface area contributed by atoms with Crippen molar-refractivity contribution in [3.8, 4) is 11.5 Å². The van der Waals surface area contributed by atoms with Crippen molar-refractivity contribution in [2.45, 2.75) is 31.3 Å². The number of benzene rings is 1. The number of ether oxygens (including phenoxy) is 2. The zero-order valence-electron chi connectivity index (χ0n) is 18.5. The third kappa shape index (κ3) is 3.93. The van der Waals surface area contributed by atoms with E-state index in [4.69, 9.17) is 9.47 Å². The molecule has 0 bridgehead atoms. The summed E-state index contributed by atoms with van der Waals surface area (Å²) in [7, 11) is 3.36. The van der Waals surface area contributed by atoms with Gasteiger partial charge in [-0.3, -0.25) is 9.69 Å². The van der Waals surface area contributed by atoms with E-state index in [9.17, 15) is 4.79 Å². The Kier molecular flexibility index (Phi) is 6.22. The van der Waals surface area contributed by atoms with Gasteiger partial charge in [0, 0.05) is 34.0 Å². The summed E-state index contributed by atoms with van der Waals surface area (Å²) >= 11 is 3.54. The zero-order chi connectivity index (χ0) is 22.1. The van der Waals surface area contributed by atoms with Crippen molar-refractivity contribution in [2.24, 2.45) is 0 Å².